The SMILES string of the molecule is COc1ccc([C@H](Cc2c(Cl)c[n+](O)cc2Cl)c2cc(CNC(C(=O)OCC3CN(C)C3)c3ccccc3)sc2C(=O)[O-])cc1OC. The Morgan fingerprint density at radius 1 is 1.04 bits per heavy atom. The molecule has 2 aromatic heterocycles. The Labute approximate surface area is 287 Å². The quantitative estimate of drug-likeness (QED) is 0.113. The van der Waals surface area contributed by atoms with Gasteiger partial charge in [-0.25, -0.2) is 4.79 Å². The van der Waals surface area contributed by atoms with Crippen molar-refractivity contribution in [3.8, 4) is 11.5 Å². The minimum atomic E-state index is -1.34. The summed E-state index contributed by atoms with van der Waals surface area (Å²) < 4.78 is 17.4. The van der Waals surface area contributed by atoms with E-state index in [9.17, 15) is 19.9 Å². The average Bonchev–Trinajstić information content (AvgIpc) is 3.46. The van der Waals surface area contributed by atoms with Crippen molar-refractivity contribution in [2.75, 3.05) is 41.0 Å². The molecule has 3 heterocycles. The number of carbonyl (C=O) groups excluding carboxylic acids is 2. The highest BCUT2D eigenvalue weighted by molar-refractivity contribution is 7.14. The lowest BCUT2D eigenvalue weighted by Gasteiger charge is -2.35. The fraction of sp³-hybridized carbons (Fsp3) is 0.324. The fourth-order valence-corrected chi connectivity index (χ4v) is 7.39. The van der Waals surface area contributed by atoms with E-state index in [0.717, 1.165) is 34.7 Å². The number of carboxylic acids is 1. The standard InChI is InChI=1S/C34H35Cl2N3O7S/c1-38-15-20(16-38)19-46-34(42)31(21-7-5-4-6-8-21)37-14-23-12-25(32(47-23)33(40)41)24(13-26-27(35)17-39(43)18-28(26)36)22-9-10-29(44-2)30(11-22)45-3/h4-12,17-18,20,24,31,37H,13-16,19H2,1-3H3,(H-,40,41,43)/t24-,31?/m0/s1. The predicted molar refractivity (Wildman–Crippen MR) is 176 cm³/mol. The van der Waals surface area contributed by atoms with Crippen LogP contribution in [0.5, 0.6) is 11.5 Å². The van der Waals surface area contributed by atoms with Crippen LogP contribution in [0.1, 0.15) is 48.8 Å². The molecule has 2 atom stereocenters. The summed E-state index contributed by atoms with van der Waals surface area (Å²) in [5, 5.41) is 26.2. The number of aromatic nitrogens is 1. The number of rotatable bonds is 14. The lowest BCUT2D eigenvalue weighted by Crippen LogP contribution is -2.46. The molecule has 1 aliphatic rings. The number of likely N-dealkylation sites (tertiary alicyclic amines) is 1. The zero-order chi connectivity index (χ0) is 33.7. The monoisotopic (exact) mass is 699 g/mol. The highest BCUT2D eigenvalue weighted by Crippen LogP contribution is 2.41. The second-order valence-corrected chi connectivity index (χ2v) is 13.4. The largest absolute Gasteiger partial charge is 0.544 e. The molecule has 10 nitrogen and oxygen atoms in total. The summed E-state index contributed by atoms with van der Waals surface area (Å²) in [4.78, 5) is 28.7. The Hall–Kier alpha value is -3.87. The summed E-state index contributed by atoms with van der Waals surface area (Å²) in [6.07, 6.45) is 2.80. The number of carbonyl (C=O) groups is 2. The van der Waals surface area contributed by atoms with Gasteiger partial charge in [0.05, 0.1) is 31.7 Å². The van der Waals surface area contributed by atoms with Gasteiger partial charge in [0.1, 0.15) is 16.1 Å². The molecule has 0 spiro atoms. The minimum absolute atomic E-state index is 0.0231. The van der Waals surface area contributed by atoms with Gasteiger partial charge in [-0.15, -0.1) is 11.3 Å². The Morgan fingerprint density at radius 3 is 2.34 bits per heavy atom. The number of benzene rings is 2. The molecule has 0 saturated carbocycles. The lowest BCUT2D eigenvalue weighted by atomic mass is 9.85. The molecule has 13 heteroatoms. The van der Waals surface area contributed by atoms with E-state index in [1.54, 1.807) is 18.2 Å². The summed E-state index contributed by atoms with van der Waals surface area (Å²) in [6, 6.07) is 15.6. The molecule has 0 aliphatic carbocycles. The highest BCUT2D eigenvalue weighted by atomic mass is 35.5. The number of methoxy groups -OCH3 is 2. The molecule has 0 radical (unpaired) electrons. The number of hydrogen-bond acceptors (Lipinski definition) is 10. The summed E-state index contributed by atoms with van der Waals surface area (Å²) in [6.45, 7) is 2.27. The van der Waals surface area contributed by atoms with E-state index in [-0.39, 0.29) is 27.9 Å². The molecule has 2 aromatic carbocycles. The molecule has 1 aliphatic heterocycles. The van der Waals surface area contributed by atoms with Gasteiger partial charge in [-0.2, -0.15) is 0 Å². The molecule has 248 valence electrons. The lowest BCUT2D eigenvalue weighted by molar-refractivity contribution is -0.904. The number of pyridine rings is 1. The van der Waals surface area contributed by atoms with Gasteiger partial charge in [-0.05, 0) is 48.4 Å². The molecular formula is C34H35Cl2N3O7S. The first-order chi connectivity index (χ1) is 22.6. The second-order valence-electron chi connectivity index (χ2n) is 11.4. The third-order valence-corrected chi connectivity index (χ3v) is 9.89. The van der Waals surface area contributed by atoms with Gasteiger partial charge in [-0.3, -0.25) is 10.5 Å². The van der Waals surface area contributed by atoms with Crippen LogP contribution in [0.25, 0.3) is 0 Å². The Balaban J connectivity index is 1.48. The van der Waals surface area contributed by atoms with Gasteiger partial charge in [0, 0.05) is 46.6 Å². The van der Waals surface area contributed by atoms with Crippen molar-refractivity contribution < 1.29 is 38.8 Å². The summed E-state index contributed by atoms with van der Waals surface area (Å²) in [5.74, 6) is -1.06. The maximum atomic E-state index is 13.3. The van der Waals surface area contributed by atoms with Gasteiger partial charge >= 0.3 is 5.97 Å². The van der Waals surface area contributed by atoms with Crippen LogP contribution in [-0.4, -0.2) is 63.0 Å². The van der Waals surface area contributed by atoms with E-state index in [2.05, 4.69) is 10.2 Å². The maximum Gasteiger partial charge on any atom is 0.327 e. The van der Waals surface area contributed by atoms with Gasteiger partial charge < -0.3 is 29.0 Å². The van der Waals surface area contributed by atoms with E-state index in [1.165, 1.54) is 26.6 Å². The second kappa shape index (κ2) is 15.4. The van der Waals surface area contributed by atoms with Crippen molar-refractivity contribution >= 4 is 46.5 Å². The first kappa shape index (κ1) is 34.5. The Morgan fingerprint density at radius 2 is 1.72 bits per heavy atom. The number of carboxylic acid groups (broad SMARTS) is 1. The minimum Gasteiger partial charge on any atom is -0.544 e. The van der Waals surface area contributed by atoms with Crippen LogP contribution in [0.2, 0.25) is 10.0 Å². The van der Waals surface area contributed by atoms with E-state index >= 15 is 0 Å². The van der Waals surface area contributed by atoms with Gasteiger partial charge in [-0.1, -0.05) is 59.6 Å². The first-order valence-corrected chi connectivity index (χ1v) is 16.4. The highest BCUT2D eigenvalue weighted by Gasteiger charge is 2.29. The smallest absolute Gasteiger partial charge is 0.327 e. The van der Waals surface area contributed by atoms with Gasteiger partial charge in [0.15, 0.2) is 11.5 Å². The summed E-state index contributed by atoms with van der Waals surface area (Å²) in [7, 11) is 5.06. The number of ether oxygens (including phenoxy) is 3. The van der Waals surface area contributed by atoms with Crippen molar-refractivity contribution in [3.63, 3.8) is 0 Å². The molecule has 47 heavy (non-hydrogen) atoms. The van der Waals surface area contributed by atoms with Crippen LogP contribution in [0.3, 0.4) is 0 Å². The number of nitrogens with zero attached hydrogens (tertiary/aromatic N) is 2. The molecule has 4 aromatic rings. The maximum absolute atomic E-state index is 13.3. The van der Waals surface area contributed by atoms with E-state index in [1.807, 2.05) is 43.4 Å². The van der Waals surface area contributed by atoms with Crippen LogP contribution in [0.15, 0.2) is 67.0 Å². The molecular weight excluding hydrogens is 665 g/mol. The third-order valence-electron chi connectivity index (χ3n) is 8.11. The van der Waals surface area contributed by atoms with Crippen LogP contribution in [0.4, 0.5) is 0 Å². The zero-order valence-electron chi connectivity index (χ0n) is 26.1. The van der Waals surface area contributed by atoms with Crippen LogP contribution >= 0.6 is 34.5 Å². The van der Waals surface area contributed by atoms with Crippen LogP contribution in [-0.2, 0) is 22.5 Å². The molecule has 0 bridgehead atoms. The van der Waals surface area contributed by atoms with E-state index < -0.39 is 23.9 Å². The molecule has 1 unspecified atom stereocenters. The van der Waals surface area contributed by atoms with E-state index in [4.69, 9.17) is 37.4 Å². The normalized spacial score (nSPS) is 14.7. The predicted octanol–water partition coefficient (Wildman–Crippen LogP) is 4.27. The molecule has 2 N–H and O–H groups in total. The topological polar surface area (TPSA) is 124 Å². The number of aromatic carboxylic acids is 1. The third kappa shape index (κ3) is 8.17. The van der Waals surface area contributed by atoms with Crippen molar-refractivity contribution in [1.29, 1.82) is 0 Å². The summed E-state index contributed by atoms with van der Waals surface area (Å²) >= 11 is 14.1. The number of nitrogens with one attached hydrogen (secondary N) is 1. The van der Waals surface area contributed by atoms with Crippen molar-refractivity contribution in [1.82, 2.24) is 10.2 Å². The number of hydrogen-bond donors (Lipinski definition) is 2. The zero-order valence-corrected chi connectivity index (χ0v) is 28.4. The number of halogens is 2. The molecule has 5 rings (SSSR count). The van der Waals surface area contributed by atoms with E-state index in [0.29, 0.717) is 45.6 Å². The number of thiophene rings is 1. The van der Waals surface area contributed by atoms with Crippen molar-refractivity contribution in [3.05, 3.63) is 109 Å². The van der Waals surface area contributed by atoms with Gasteiger partial charge in [0.25, 0.3) is 0 Å². The fourth-order valence-electron chi connectivity index (χ4n) is 5.78. The molecule has 0 amide bonds. The first-order valence-electron chi connectivity index (χ1n) is 14.9. The van der Waals surface area contributed by atoms with Gasteiger partial charge in [0.2, 0.25) is 12.4 Å². The molecule has 1 saturated heterocycles. The summed E-state index contributed by atoms with van der Waals surface area (Å²) in [5.41, 5.74) is 2.43. The van der Waals surface area contributed by atoms with Crippen LogP contribution < -0.4 is 24.6 Å². The Bertz CT molecular complexity index is 1710. The average molecular weight is 701 g/mol. The molecule has 1 fully saturated rings. The van der Waals surface area contributed by atoms with Crippen molar-refractivity contribution in [2.24, 2.45) is 5.92 Å². The number of esters is 1. The van der Waals surface area contributed by atoms with Crippen molar-refractivity contribution in [2.45, 2.75) is 24.9 Å². The Kier molecular flexibility index (Phi) is 11.3. The van der Waals surface area contributed by atoms with Crippen LogP contribution in [0, 0.1) is 5.92 Å².